The average Bonchev–Trinajstić information content (AvgIpc) is 3.12. The van der Waals surface area contributed by atoms with Gasteiger partial charge in [0.2, 0.25) is 0 Å². The summed E-state index contributed by atoms with van der Waals surface area (Å²) in [6.45, 7) is -0.607. The fraction of sp³-hybridized carbons (Fsp3) is 0.300. The average molecular weight is 375 g/mol. The summed E-state index contributed by atoms with van der Waals surface area (Å²) >= 11 is 5.99. The van der Waals surface area contributed by atoms with Crippen LogP contribution in [0.15, 0.2) is 36.4 Å². The molecule has 1 aliphatic carbocycles. The maximum atomic E-state index is 12.1. The molecule has 1 aliphatic rings. The van der Waals surface area contributed by atoms with Crippen molar-refractivity contribution < 1.29 is 23.8 Å². The molecule has 0 aliphatic heterocycles. The molecule has 0 N–H and O–H groups in total. The first-order valence-electron chi connectivity index (χ1n) is 8.34. The van der Waals surface area contributed by atoms with Gasteiger partial charge >= 0.3 is 5.97 Å². The van der Waals surface area contributed by atoms with E-state index < -0.39 is 5.97 Å². The molecule has 5 nitrogen and oxygen atoms in total. The standard InChI is InChI=1S/C20H19ClO5/c1-24-19-8-6-15(10-17(19)21)18(22)11-26-20(23)12-25-16-7-5-13-3-2-4-14(13)9-16/h5-10H,2-4,11-12H2,1H3. The van der Waals surface area contributed by atoms with Crippen LogP contribution < -0.4 is 9.47 Å². The summed E-state index contributed by atoms with van der Waals surface area (Å²) in [7, 11) is 1.49. The van der Waals surface area contributed by atoms with Gasteiger partial charge in [-0.05, 0) is 60.7 Å². The van der Waals surface area contributed by atoms with E-state index in [4.69, 9.17) is 25.8 Å². The van der Waals surface area contributed by atoms with Gasteiger partial charge in [-0.3, -0.25) is 4.79 Å². The Balaban J connectivity index is 1.48. The van der Waals surface area contributed by atoms with Crippen LogP contribution in [0.3, 0.4) is 0 Å². The fourth-order valence-electron chi connectivity index (χ4n) is 2.89. The monoisotopic (exact) mass is 374 g/mol. The number of carbonyl (C=O) groups excluding carboxylic acids is 2. The Morgan fingerprint density at radius 1 is 1.04 bits per heavy atom. The van der Waals surface area contributed by atoms with Gasteiger partial charge in [0.15, 0.2) is 19.0 Å². The second kappa shape index (κ2) is 8.23. The maximum Gasteiger partial charge on any atom is 0.344 e. The number of hydrogen-bond acceptors (Lipinski definition) is 5. The summed E-state index contributed by atoms with van der Waals surface area (Å²) in [5, 5.41) is 0.324. The summed E-state index contributed by atoms with van der Waals surface area (Å²) < 4.78 is 15.5. The Kier molecular flexibility index (Phi) is 5.78. The first-order chi connectivity index (χ1) is 12.6. The third-order valence-corrected chi connectivity index (χ3v) is 4.56. The predicted octanol–water partition coefficient (Wildman–Crippen LogP) is 3.64. The summed E-state index contributed by atoms with van der Waals surface area (Å²) in [4.78, 5) is 23.9. The molecule has 0 aromatic heterocycles. The number of rotatable bonds is 7. The van der Waals surface area contributed by atoms with E-state index in [1.807, 2.05) is 18.2 Å². The van der Waals surface area contributed by atoms with Crippen molar-refractivity contribution in [2.45, 2.75) is 19.3 Å². The maximum absolute atomic E-state index is 12.1. The Hall–Kier alpha value is -2.53. The zero-order valence-electron chi connectivity index (χ0n) is 14.4. The van der Waals surface area contributed by atoms with Gasteiger partial charge in [0.05, 0.1) is 12.1 Å². The van der Waals surface area contributed by atoms with Gasteiger partial charge in [-0.15, -0.1) is 0 Å². The quantitative estimate of drug-likeness (QED) is 0.547. The molecule has 136 valence electrons. The number of hydrogen-bond donors (Lipinski definition) is 0. The van der Waals surface area contributed by atoms with E-state index in [0.29, 0.717) is 22.1 Å². The molecule has 0 unspecified atom stereocenters. The van der Waals surface area contributed by atoms with Crippen molar-refractivity contribution >= 4 is 23.4 Å². The molecule has 0 amide bonds. The number of fused-ring (bicyclic) bond motifs is 1. The van der Waals surface area contributed by atoms with Crippen molar-refractivity contribution in [1.29, 1.82) is 0 Å². The van der Waals surface area contributed by atoms with Crippen LogP contribution in [0.5, 0.6) is 11.5 Å². The number of aryl methyl sites for hydroxylation is 2. The third kappa shape index (κ3) is 4.35. The Morgan fingerprint density at radius 3 is 2.62 bits per heavy atom. The fourth-order valence-corrected chi connectivity index (χ4v) is 3.15. The lowest BCUT2D eigenvalue weighted by molar-refractivity contribution is -0.144. The number of halogens is 1. The van der Waals surface area contributed by atoms with Gasteiger partial charge in [-0.1, -0.05) is 17.7 Å². The molecule has 0 fully saturated rings. The number of esters is 1. The molecule has 3 rings (SSSR count). The highest BCUT2D eigenvalue weighted by molar-refractivity contribution is 6.32. The largest absolute Gasteiger partial charge is 0.495 e. The van der Waals surface area contributed by atoms with Crippen LogP contribution in [0, 0.1) is 0 Å². The minimum atomic E-state index is -0.599. The number of methoxy groups -OCH3 is 1. The molecule has 26 heavy (non-hydrogen) atoms. The number of ketones is 1. The zero-order valence-corrected chi connectivity index (χ0v) is 15.2. The van der Waals surface area contributed by atoms with E-state index in [1.54, 1.807) is 12.1 Å². The second-order valence-electron chi connectivity index (χ2n) is 6.01. The highest BCUT2D eigenvalue weighted by atomic mass is 35.5. The third-order valence-electron chi connectivity index (χ3n) is 4.26. The normalized spacial score (nSPS) is 12.4. The SMILES string of the molecule is COc1ccc(C(=O)COC(=O)COc2ccc3c(c2)CCC3)cc1Cl. The lowest BCUT2D eigenvalue weighted by Crippen LogP contribution is -2.19. The second-order valence-corrected chi connectivity index (χ2v) is 6.41. The van der Waals surface area contributed by atoms with Crippen molar-refractivity contribution in [2.75, 3.05) is 20.3 Å². The highest BCUT2D eigenvalue weighted by Crippen LogP contribution is 2.26. The van der Waals surface area contributed by atoms with E-state index in [-0.39, 0.29) is 19.0 Å². The minimum Gasteiger partial charge on any atom is -0.495 e. The molecule has 0 spiro atoms. The van der Waals surface area contributed by atoms with Crippen molar-refractivity contribution in [3.8, 4) is 11.5 Å². The topological polar surface area (TPSA) is 61.8 Å². The molecule has 6 heteroatoms. The molecular weight excluding hydrogens is 356 g/mol. The van der Waals surface area contributed by atoms with Gasteiger partial charge in [0, 0.05) is 5.56 Å². The van der Waals surface area contributed by atoms with Crippen molar-refractivity contribution in [3.63, 3.8) is 0 Å². The Bertz CT molecular complexity index is 831. The van der Waals surface area contributed by atoms with Crippen LogP contribution in [0.25, 0.3) is 0 Å². The van der Waals surface area contributed by atoms with E-state index in [9.17, 15) is 9.59 Å². The molecule has 0 saturated heterocycles. The highest BCUT2D eigenvalue weighted by Gasteiger charge is 2.14. The van der Waals surface area contributed by atoms with Gasteiger partial charge in [-0.2, -0.15) is 0 Å². The van der Waals surface area contributed by atoms with Gasteiger partial charge in [0.25, 0.3) is 0 Å². The summed E-state index contributed by atoms with van der Waals surface area (Å²) in [5.41, 5.74) is 2.95. The number of ether oxygens (including phenoxy) is 3. The van der Waals surface area contributed by atoms with Crippen molar-refractivity contribution in [3.05, 3.63) is 58.1 Å². The molecule has 2 aromatic rings. The van der Waals surface area contributed by atoms with Gasteiger partial charge in [-0.25, -0.2) is 4.79 Å². The molecule has 0 heterocycles. The lowest BCUT2D eigenvalue weighted by atomic mass is 10.1. The Labute approximate surface area is 156 Å². The van der Waals surface area contributed by atoms with Crippen LogP contribution >= 0.6 is 11.6 Å². The van der Waals surface area contributed by atoms with Crippen LogP contribution in [0.2, 0.25) is 5.02 Å². The summed E-state index contributed by atoms with van der Waals surface area (Å²) in [5.74, 6) is 0.165. The molecule has 0 atom stereocenters. The molecular formula is C20H19ClO5. The number of carbonyl (C=O) groups is 2. The summed E-state index contributed by atoms with van der Waals surface area (Å²) in [6.07, 6.45) is 3.28. The minimum absolute atomic E-state index is 0.241. The van der Waals surface area contributed by atoms with E-state index in [1.165, 1.54) is 24.3 Å². The first-order valence-corrected chi connectivity index (χ1v) is 8.71. The molecule has 2 aromatic carbocycles. The van der Waals surface area contributed by atoms with Crippen LogP contribution in [-0.2, 0) is 22.4 Å². The summed E-state index contributed by atoms with van der Waals surface area (Å²) in [6, 6.07) is 10.5. The van der Waals surface area contributed by atoms with Crippen molar-refractivity contribution in [2.24, 2.45) is 0 Å². The number of benzene rings is 2. The molecule has 0 bridgehead atoms. The first kappa shape index (κ1) is 18.3. The van der Waals surface area contributed by atoms with Crippen LogP contribution in [0.1, 0.15) is 27.9 Å². The lowest BCUT2D eigenvalue weighted by Gasteiger charge is -2.09. The van der Waals surface area contributed by atoms with E-state index >= 15 is 0 Å². The molecule has 0 saturated carbocycles. The van der Waals surface area contributed by atoms with Crippen molar-refractivity contribution in [1.82, 2.24) is 0 Å². The number of Topliss-reactive ketones (excluding diaryl/α,β-unsaturated/α-hetero) is 1. The Morgan fingerprint density at radius 2 is 1.85 bits per heavy atom. The van der Waals surface area contributed by atoms with E-state index in [0.717, 1.165) is 19.3 Å². The van der Waals surface area contributed by atoms with Gasteiger partial charge in [0.1, 0.15) is 11.5 Å². The van der Waals surface area contributed by atoms with Crippen LogP contribution in [0.4, 0.5) is 0 Å². The van der Waals surface area contributed by atoms with Crippen LogP contribution in [-0.4, -0.2) is 32.1 Å². The predicted molar refractivity (Wildman–Crippen MR) is 97.3 cm³/mol. The smallest absolute Gasteiger partial charge is 0.344 e. The molecule has 0 radical (unpaired) electrons. The van der Waals surface area contributed by atoms with E-state index in [2.05, 4.69) is 0 Å². The zero-order chi connectivity index (χ0) is 18.5. The van der Waals surface area contributed by atoms with Gasteiger partial charge < -0.3 is 14.2 Å².